The normalized spacial score (nSPS) is 18.8. The number of halogens is 2. The molecule has 4 heterocycles. The number of aromatic nitrogens is 2. The van der Waals surface area contributed by atoms with Crippen molar-refractivity contribution in [1.29, 1.82) is 5.41 Å². The van der Waals surface area contributed by atoms with E-state index in [1.54, 1.807) is 11.0 Å². The van der Waals surface area contributed by atoms with Crippen molar-refractivity contribution in [3.63, 3.8) is 0 Å². The number of likely N-dealkylation sites (tertiary alicyclic amines) is 2. The van der Waals surface area contributed by atoms with Gasteiger partial charge in [0.15, 0.2) is 0 Å². The van der Waals surface area contributed by atoms with E-state index < -0.39 is 6.17 Å². The zero-order chi connectivity index (χ0) is 32.0. The summed E-state index contributed by atoms with van der Waals surface area (Å²) < 4.78 is 15.8. The van der Waals surface area contributed by atoms with Crippen molar-refractivity contribution >= 4 is 41.0 Å². The molecule has 1 atom stereocenters. The van der Waals surface area contributed by atoms with Gasteiger partial charge in [0.05, 0.1) is 17.6 Å². The van der Waals surface area contributed by atoms with Crippen LogP contribution in [0.5, 0.6) is 0 Å². The Labute approximate surface area is 267 Å². The summed E-state index contributed by atoms with van der Waals surface area (Å²) in [6.45, 7) is 10.5. The van der Waals surface area contributed by atoms with Crippen LogP contribution < -0.4 is 10.6 Å². The number of rotatable bonds is 7. The lowest BCUT2D eigenvalue weighted by atomic mass is 9.92. The van der Waals surface area contributed by atoms with Crippen LogP contribution in [0.25, 0.3) is 22.4 Å². The van der Waals surface area contributed by atoms with Crippen molar-refractivity contribution in [2.75, 3.05) is 49.9 Å². The summed E-state index contributed by atoms with van der Waals surface area (Å²) in [5.74, 6) is -0.0855. The van der Waals surface area contributed by atoms with Crippen LogP contribution in [-0.2, 0) is 16.0 Å². The smallest absolute Gasteiger partial charge is 0.245 e. The molecule has 45 heavy (non-hydrogen) atoms. The molecule has 2 aromatic carbocycles. The third kappa shape index (κ3) is 5.66. The topological polar surface area (TPSA) is 112 Å². The molecule has 0 radical (unpaired) electrons. The van der Waals surface area contributed by atoms with Crippen LogP contribution in [0.4, 0.5) is 15.8 Å². The first-order chi connectivity index (χ1) is 21.6. The number of hydrogen-bond acceptors (Lipinski definition) is 6. The number of alkyl halides is 1. The Hall–Kier alpha value is -4.02. The van der Waals surface area contributed by atoms with Crippen molar-refractivity contribution in [3.8, 4) is 22.4 Å². The maximum Gasteiger partial charge on any atom is 0.245 e. The van der Waals surface area contributed by atoms with Crippen LogP contribution in [0.3, 0.4) is 0 Å². The molecular weight excluding hydrogens is 593 g/mol. The predicted octanol–water partition coefficient (Wildman–Crippen LogP) is 5.35. The average molecular weight is 632 g/mol. The molecule has 0 saturated carbocycles. The molecule has 3 aliphatic rings. The number of carbonyl (C=O) groups is 2. The molecule has 0 spiro atoms. The van der Waals surface area contributed by atoms with Crippen LogP contribution in [0.15, 0.2) is 36.9 Å². The van der Waals surface area contributed by atoms with Gasteiger partial charge in [0.2, 0.25) is 11.8 Å². The lowest BCUT2D eigenvalue weighted by molar-refractivity contribution is -0.127. The number of fused-ring (bicyclic) bond motifs is 1. The molecule has 3 N–H and O–H groups in total. The summed E-state index contributed by atoms with van der Waals surface area (Å²) in [5.41, 5.74) is 14.2. The number of benzene rings is 2. The van der Waals surface area contributed by atoms with E-state index in [9.17, 15) is 14.0 Å². The van der Waals surface area contributed by atoms with Gasteiger partial charge in [-0.15, -0.1) is 0 Å². The molecule has 9 nitrogen and oxygen atoms in total. The fourth-order valence-electron chi connectivity index (χ4n) is 7.08. The second kappa shape index (κ2) is 12.4. The van der Waals surface area contributed by atoms with E-state index in [1.165, 1.54) is 12.3 Å². The van der Waals surface area contributed by atoms with Gasteiger partial charge in [-0.1, -0.05) is 24.2 Å². The molecule has 3 aliphatic heterocycles. The highest BCUT2D eigenvalue weighted by atomic mass is 35.5. The van der Waals surface area contributed by atoms with E-state index in [2.05, 4.69) is 12.6 Å². The fourth-order valence-corrected chi connectivity index (χ4v) is 7.33. The van der Waals surface area contributed by atoms with Crippen LogP contribution in [-0.4, -0.2) is 83.0 Å². The number of nitrogens with one attached hydrogen (secondary N) is 1. The maximum absolute atomic E-state index is 13.7. The van der Waals surface area contributed by atoms with E-state index in [1.807, 2.05) is 40.5 Å². The Morgan fingerprint density at radius 2 is 1.89 bits per heavy atom. The average Bonchev–Trinajstić information content (AvgIpc) is 3.74. The van der Waals surface area contributed by atoms with Gasteiger partial charge in [-0.2, -0.15) is 5.10 Å². The summed E-state index contributed by atoms with van der Waals surface area (Å²) in [5, 5.41) is 13.9. The van der Waals surface area contributed by atoms with Gasteiger partial charge < -0.3 is 20.9 Å². The first kappa shape index (κ1) is 31.0. The molecule has 0 aliphatic carbocycles. The number of carbonyl (C=O) groups excluding carboxylic acids is 2. The second-order valence-electron chi connectivity index (χ2n) is 12.3. The molecule has 11 heteroatoms. The molecule has 0 unspecified atom stereocenters. The van der Waals surface area contributed by atoms with Crippen molar-refractivity contribution in [2.24, 2.45) is 0 Å². The minimum atomic E-state index is -0.865. The van der Waals surface area contributed by atoms with Gasteiger partial charge in [-0.05, 0) is 74.9 Å². The van der Waals surface area contributed by atoms with Crippen molar-refractivity contribution < 1.29 is 14.0 Å². The van der Waals surface area contributed by atoms with Gasteiger partial charge >= 0.3 is 0 Å². The van der Waals surface area contributed by atoms with Crippen molar-refractivity contribution in [1.82, 2.24) is 19.6 Å². The summed E-state index contributed by atoms with van der Waals surface area (Å²) in [6, 6.07) is 7.89. The predicted molar refractivity (Wildman–Crippen MR) is 177 cm³/mol. The Morgan fingerprint density at radius 1 is 1.13 bits per heavy atom. The van der Waals surface area contributed by atoms with E-state index in [4.69, 9.17) is 27.8 Å². The molecule has 0 bridgehead atoms. The second-order valence-corrected chi connectivity index (χ2v) is 12.7. The molecule has 2 fully saturated rings. The van der Waals surface area contributed by atoms with E-state index in [0.29, 0.717) is 67.4 Å². The minimum absolute atomic E-state index is 0.0182. The summed E-state index contributed by atoms with van der Waals surface area (Å²) in [7, 11) is 0. The van der Waals surface area contributed by atoms with Gasteiger partial charge in [0, 0.05) is 78.3 Å². The van der Waals surface area contributed by atoms with Gasteiger partial charge in [-0.3, -0.25) is 19.2 Å². The highest BCUT2D eigenvalue weighted by Crippen LogP contribution is 2.45. The van der Waals surface area contributed by atoms with Gasteiger partial charge in [-0.25, -0.2) is 4.39 Å². The monoisotopic (exact) mass is 631 g/mol. The number of nitrogens with two attached hydrogens (primary N) is 1. The molecule has 236 valence electrons. The number of anilines is 2. The zero-order valence-electron chi connectivity index (χ0n) is 25.8. The van der Waals surface area contributed by atoms with Crippen LogP contribution >= 0.6 is 11.6 Å². The summed E-state index contributed by atoms with van der Waals surface area (Å²) in [4.78, 5) is 30.9. The molecule has 2 saturated heterocycles. The summed E-state index contributed by atoms with van der Waals surface area (Å²) >= 11 is 6.99. The molecular formula is C34H39ClFN7O2. The first-order valence-electron chi connectivity index (χ1n) is 15.5. The van der Waals surface area contributed by atoms with Crippen molar-refractivity contribution in [3.05, 3.63) is 64.3 Å². The lowest BCUT2D eigenvalue weighted by Gasteiger charge is -2.32. The number of nitrogens with zero attached hydrogens (tertiary/aromatic N) is 5. The van der Waals surface area contributed by atoms with Crippen molar-refractivity contribution in [2.45, 2.75) is 51.7 Å². The largest absolute Gasteiger partial charge is 0.398 e. The van der Waals surface area contributed by atoms with E-state index in [-0.39, 0.29) is 24.4 Å². The van der Waals surface area contributed by atoms with Gasteiger partial charge in [0.1, 0.15) is 11.9 Å². The number of amides is 2. The first-order valence-corrected chi connectivity index (χ1v) is 15.9. The van der Waals surface area contributed by atoms with Crippen LogP contribution in [0, 0.1) is 19.3 Å². The number of nitrogen functional groups attached to an aromatic ring is 1. The maximum atomic E-state index is 13.7. The quantitative estimate of drug-likeness (QED) is 0.207. The Balaban J connectivity index is 1.40. The standard InChI is InChI=1S/C34H39ClFN7O2/c1-4-29(44)41-12-9-25(10-13-41)43-21(3)31(32-26(17-37)27(38)15-20(2)33(32)35)34(39-43)23-5-6-28-22(16-23)7-14-42(28)30(45)19-40-11-8-24(36)18-40/h4-6,15-17,24-25,37H,1,7-14,18-19,38H2,2-3H3/t24-/m0/s1. The Bertz CT molecular complexity index is 1690. The number of piperidine rings is 1. The molecule has 3 aromatic rings. The SMILES string of the molecule is C=CC(=O)N1CCC(n2nc(-c3ccc4c(c3)CCN4C(=O)CN3CC[C@H](F)C3)c(-c3c(Cl)c(C)cc(N)c3C=N)c2C)CC1. The third-order valence-corrected chi connectivity index (χ3v) is 9.97. The van der Waals surface area contributed by atoms with Crippen LogP contribution in [0.2, 0.25) is 5.02 Å². The Kier molecular flexibility index (Phi) is 8.54. The highest BCUT2D eigenvalue weighted by Gasteiger charge is 2.32. The van der Waals surface area contributed by atoms with Crippen LogP contribution in [0.1, 0.15) is 47.7 Å². The molecule has 1 aromatic heterocycles. The number of hydrogen-bond donors (Lipinski definition) is 2. The van der Waals surface area contributed by atoms with E-state index in [0.717, 1.165) is 52.2 Å². The molecule has 6 rings (SSSR count). The molecule has 2 amide bonds. The summed E-state index contributed by atoms with van der Waals surface area (Å²) in [6.07, 6.45) is 4.39. The van der Waals surface area contributed by atoms with Gasteiger partial charge in [0.25, 0.3) is 0 Å². The highest BCUT2D eigenvalue weighted by molar-refractivity contribution is 6.35. The minimum Gasteiger partial charge on any atom is -0.398 e. The number of aryl methyl sites for hydroxylation is 1. The van der Waals surface area contributed by atoms with E-state index >= 15 is 0 Å². The Morgan fingerprint density at radius 3 is 2.56 bits per heavy atom. The zero-order valence-corrected chi connectivity index (χ0v) is 26.5. The fraction of sp³-hybridized carbons (Fsp3) is 0.412. The lowest BCUT2D eigenvalue weighted by Crippen LogP contribution is -2.38. The third-order valence-electron chi connectivity index (χ3n) is 9.48.